The molecular weight excluding hydrogens is 376 g/mol. The molecule has 1 aromatic rings. The molecule has 2 atom stereocenters. The van der Waals surface area contributed by atoms with Crippen LogP contribution in [0, 0.1) is 5.92 Å². The summed E-state index contributed by atoms with van der Waals surface area (Å²) < 4.78 is 5.11. The van der Waals surface area contributed by atoms with Crippen molar-refractivity contribution in [1.82, 2.24) is 4.90 Å². The fraction of sp³-hybridized carbons (Fsp3) is 0.500. The van der Waals surface area contributed by atoms with Crippen molar-refractivity contribution in [2.75, 3.05) is 36.1 Å². The number of carbonyl (C=O) groups excluding carboxylic acids is 3. The van der Waals surface area contributed by atoms with E-state index in [9.17, 15) is 14.4 Å². The van der Waals surface area contributed by atoms with E-state index in [1.54, 1.807) is 52.8 Å². The van der Waals surface area contributed by atoms with E-state index in [4.69, 9.17) is 16.3 Å². The molecule has 0 radical (unpaired) electrons. The van der Waals surface area contributed by atoms with Crippen LogP contribution in [0.3, 0.4) is 0 Å². The minimum atomic E-state index is -0.573. The molecule has 0 saturated carbocycles. The Kier molecular flexibility index (Phi) is 6.09. The van der Waals surface area contributed by atoms with Gasteiger partial charge in [0.15, 0.2) is 0 Å². The number of nitrogens with zero attached hydrogens (tertiary/aromatic N) is 2. The van der Waals surface area contributed by atoms with Gasteiger partial charge in [-0.2, -0.15) is 11.8 Å². The van der Waals surface area contributed by atoms with E-state index in [0.717, 1.165) is 5.75 Å². The van der Waals surface area contributed by atoms with Gasteiger partial charge in [0.25, 0.3) is 0 Å². The van der Waals surface area contributed by atoms with E-state index >= 15 is 0 Å². The second kappa shape index (κ2) is 8.31. The predicted molar refractivity (Wildman–Crippen MR) is 101 cm³/mol. The van der Waals surface area contributed by atoms with Crippen LogP contribution in [-0.2, 0) is 19.1 Å². The summed E-state index contributed by atoms with van der Waals surface area (Å²) in [6.45, 7) is 2.83. The third kappa shape index (κ3) is 3.99. The SMILES string of the molecule is CCOC(=O)[C@H]1CSCCN1C(=O)[C@H]1CC(=O)N(c2cccc(Cl)c2)C1. The lowest BCUT2D eigenvalue weighted by atomic mass is 10.1. The van der Waals surface area contributed by atoms with Gasteiger partial charge >= 0.3 is 5.97 Å². The maximum absolute atomic E-state index is 13.0. The summed E-state index contributed by atoms with van der Waals surface area (Å²) >= 11 is 7.64. The van der Waals surface area contributed by atoms with Gasteiger partial charge in [0.05, 0.1) is 12.5 Å². The van der Waals surface area contributed by atoms with E-state index in [1.165, 1.54) is 0 Å². The third-order valence-electron chi connectivity index (χ3n) is 4.56. The first kappa shape index (κ1) is 19.0. The molecule has 2 saturated heterocycles. The molecule has 0 spiro atoms. The van der Waals surface area contributed by atoms with Gasteiger partial charge < -0.3 is 14.5 Å². The molecule has 8 heteroatoms. The molecule has 2 heterocycles. The molecule has 6 nitrogen and oxygen atoms in total. The van der Waals surface area contributed by atoms with Crippen molar-refractivity contribution in [3.05, 3.63) is 29.3 Å². The Morgan fingerprint density at radius 1 is 1.38 bits per heavy atom. The Labute approximate surface area is 161 Å². The Balaban J connectivity index is 1.73. The molecule has 2 aliphatic heterocycles. The number of hydrogen-bond donors (Lipinski definition) is 0. The van der Waals surface area contributed by atoms with Crippen molar-refractivity contribution in [2.45, 2.75) is 19.4 Å². The Morgan fingerprint density at radius 3 is 2.92 bits per heavy atom. The molecule has 26 heavy (non-hydrogen) atoms. The zero-order valence-electron chi connectivity index (χ0n) is 14.5. The van der Waals surface area contributed by atoms with Gasteiger partial charge in [-0.3, -0.25) is 9.59 Å². The summed E-state index contributed by atoms with van der Waals surface area (Å²) in [5.41, 5.74) is 0.689. The normalized spacial score (nSPS) is 23.2. The van der Waals surface area contributed by atoms with E-state index in [1.807, 2.05) is 0 Å². The second-order valence-corrected chi connectivity index (χ2v) is 7.85. The zero-order valence-corrected chi connectivity index (χ0v) is 16.1. The van der Waals surface area contributed by atoms with Crippen LogP contribution in [0.25, 0.3) is 0 Å². The standard InChI is InChI=1S/C18H21ClN2O4S/c1-2-25-18(24)15-11-26-7-6-20(15)17(23)12-8-16(22)21(10-12)14-5-3-4-13(19)9-14/h3-5,9,12,15H,2,6-8,10-11H2,1H3/t12-,15+/m0/s1. The third-order valence-corrected chi connectivity index (χ3v) is 5.82. The largest absolute Gasteiger partial charge is 0.464 e. The van der Waals surface area contributed by atoms with Gasteiger partial charge in [-0.25, -0.2) is 4.79 Å². The molecule has 1 aromatic carbocycles. The van der Waals surface area contributed by atoms with E-state index in [-0.39, 0.29) is 30.8 Å². The van der Waals surface area contributed by atoms with Crippen LogP contribution in [0.2, 0.25) is 5.02 Å². The number of thioether (sulfide) groups is 1. The Hall–Kier alpha value is -1.73. The van der Waals surface area contributed by atoms with Crippen LogP contribution in [-0.4, -0.2) is 59.9 Å². The van der Waals surface area contributed by atoms with Crippen LogP contribution in [0.4, 0.5) is 5.69 Å². The number of rotatable bonds is 4. The van der Waals surface area contributed by atoms with Crippen LogP contribution in [0.15, 0.2) is 24.3 Å². The van der Waals surface area contributed by atoms with Crippen molar-refractivity contribution in [3.63, 3.8) is 0 Å². The van der Waals surface area contributed by atoms with Crippen molar-refractivity contribution in [1.29, 1.82) is 0 Å². The van der Waals surface area contributed by atoms with Crippen molar-refractivity contribution < 1.29 is 19.1 Å². The molecule has 0 unspecified atom stereocenters. The van der Waals surface area contributed by atoms with Crippen LogP contribution in [0.5, 0.6) is 0 Å². The number of amides is 2. The summed E-state index contributed by atoms with van der Waals surface area (Å²) in [7, 11) is 0. The zero-order chi connectivity index (χ0) is 18.7. The first-order chi connectivity index (χ1) is 12.5. The number of anilines is 1. The molecule has 0 aliphatic carbocycles. The Bertz CT molecular complexity index is 714. The maximum Gasteiger partial charge on any atom is 0.329 e. The predicted octanol–water partition coefficient (Wildman–Crippen LogP) is 2.20. The number of ether oxygens (including phenoxy) is 1. The highest BCUT2D eigenvalue weighted by Crippen LogP contribution is 2.29. The lowest BCUT2D eigenvalue weighted by Gasteiger charge is -2.35. The number of halogens is 1. The molecule has 2 fully saturated rings. The van der Waals surface area contributed by atoms with Crippen LogP contribution in [0.1, 0.15) is 13.3 Å². The number of esters is 1. The van der Waals surface area contributed by atoms with Crippen molar-refractivity contribution in [3.8, 4) is 0 Å². The van der Waals surface area contributed by atoms with Gasteiger partial charge in [-0.15, -0.1) is 0 Å². The average Bonchev–Trinajstić information content (AvgIpc) is 3.03. The van der Waals surface area contributed by atoms with E-state index in [0.29, 0.717) is 29.6 Å². The molecule has 3 rings (SSSR count). The molecular formula is C18H21ClN2O4S. The van der Waals surface area contributed by atoms with E-state index in [2.05, 4.69) is 0 Å². The topological polar surface area (TPSA) is 66.9 Å². The number of benzene rings is 1. The summed E-state index contributed by atoms with van der Waals surface area (Å²) in [5.74, 6) is 0.223. The minimum absolute atomic E-state index is 0.107. The summed E-state index contributed by atoms with van der Waals surface area (Å²) in [5, 5.41) is 0.542. The molecule has 0 aromatic heterocycles. The summed E-state index contributed by atoms with van der Waals surface area (Å²) in [6.07, 6.45) is 0.143. The van der Waals surface area contributed by atoms with Gasteiger partial charge in [-0.05, 0) is 25.1 Å². The first-order valence-corrected chi connectivity index (χ1v) is 10.1. The highest BCUT2D eigenvalue weighted by molar-refractivity contribution is 7.99. The number of carbonyl (C=O) groups is 3. The lowest BCUT2D eigenvalue weighted by molar-refractivity contribution is -0.155. The van der Waals surface area contributed by atoms with Crippen molar-refractivity contribution >= 4 is 46.8 Å². The second-order valence-electron chi connectivity index (χ2n) is 6.26. The molecule has 2 amide bonds. The van der Waals surface area contributed by atoms with E-state index < -0.39 is 12.0 Å². The highest BCUT2D eigenvalue weighted by atomic mass is 35.5. The molecule has 0 bridgehead atoms. The highest BCUT2D eigenvalue weighted by Gasteiger charge is 2.41. The van der Waals surface area contributed by atoms with Gasteiger partial charge in [0, 0.05) is 41.7 Å². The number of hydrogen-bond acceptors (Lipinski definition) is 5. The minimum Gasteiger partial charge on any atom is -0.464 e. The van der Waals surface area contributed by atoms with Gasteiger partial charge in [0.2, 0.25) is 11.8 Å². The summed E-state index contributed by atoms with van der Waals surface area (Å²) in [6, 6.07) is 6.46. The van der Waals surface area contributed by atoms with Crippen LogP contribution >= 0.6 is 23.4 Å². The van der Waals surface area contributed by atoms with Crippen molar-refractivity contribution in [2.24, 2.45) is 5.92 Å². The fourth-order valence-electron chi connectivity index (χ4n) is 3.30. The molecule has 2 aliphatic rings. The smallest absolute Gasteiger partial charge is 0.329 e. The molecule has 0 N–H and O–H groups in total. The Morgan fingerprint density at radius 2 is 2.19 bits per heavy atom. The van der Waals surface area contributed by atoms with Gasteiger partial charge in [-0.1, -0.05) is 17.7 Å². The van der Waals surface area contributed by atoms with Gasteiger partial charge in [0.1, 0.15) is 6.04 Å². The monoisotopic (exact) mass is 396 g/mol. The quantitative estimate of drug-likeness (QED) is 0.730. The van der Waals surface area contributed by atoms with Crippen LogP contribution < -0.4 is 4.90 Å². The first-order valence-electron chi connectivity index (χ1n) is 8.62. The summed E-state index contributed by atoms with van der Waals surface area (Å²) in [4.78, 5) is 40.8. The molecule has 140 valence electrons. The fourth-order valence-corrected chi connectivity index (χ4v) is 4.52. The maximum atomic E-state index is 13.0. The lowest BCUT2D eigenvalue weighted by Crippen LogP contribution is -2.53. The average molecular weight is 397 g/mol.